The van der Waals surface area contributed by atoms with Crippen LogP contribution in [0.2, 0.25) is 18.1 Å². The topological polar surface area (TPSA) is 91.4 Å². The van der Waals surface area contributed by atoms with Gasteiger partial charge in [-0.05, 0) is 23.7 Å². The molecule has 0 aromatic heterocycles. The molecule has 0 spiro atoms. The van der Waals surface area contributed by atoms with Crippen LogP contribution in [0.1, 0.15) is 39.2 Å². The van der Waals surface area contributed by atoms with Gasteiger partial charge in [0.15, 0.2) is 8.32 Å². The quantitative estimate of drug-likeness (QED) is 0.274. The molecule has 1 aromatic carbocycles. The highest BCUT2D eigenvalue weighted by Crippen LogP contribution is 2.36. The van der Waals surface area contributed by atoms with Crippen molar-refractivity contribution in [1.82, 2.24) is 4.90 Å². The van der Waals surface area contributed by atoms with Crippen molar-refractivity contribution in [3.8, 4) is 0 Å². The van der Waals surface area contributed by atoms with Crippen LogP contribution in [0.4, 0.5) is 4.79 Å². The summed E-state index contributed by atoms with van der Waals surface area (Å²) in [6.07, 6.45) is -0.743. The van der Waals surface area contributed by atoms with E-state index in [2.05, 4.69) is 33.9 Å². The number of methoxy groups -OCH3 is 2. The third-order valence-corrected chi connectivity index (χ3v) is 10.2. The zero-order valence-electron chi connectivity index (χ0n) is 20.3. The van der Waals surface area contributed by atoms with E-state index in [1.807, 2.05) is 30.3 Å². The van der Waals surface area contributed by atoms with E-state index in [9.17, 15) is 14.4 Å². The second-order valence-electron chi connectivity index (χ2n) is 9.07. The molecule has 0 aliphatic rings. The van der Waals surface area contributed by atoms with Crippen LogP contribution >= 0.6 is 0 Å². The standard InChI is InChI=1S/C23H37NO7Si/c1-23(2,3)32(6,7)31-17-19(15-21(26)29-5)24(14-13-20(25)28-4)22(27)30-16-18-11-9-8-10-12-18/h8-12,19H,13-17H2,1-7H3/t19-/m0/s1. The predicted octanol–water partition coefficient (Wildman–Crippen LogP) is 4.14. The molecule has 0 aliphatic carbocycles. The van der Waals surface area contributed by atoms with Crippen molar-refractivity contribution in [3.05, 3.63) is 35.9 Å². The molecule has 0 saturated heterocycles. The Morgan fingerprint density at radius 2 is 1.59 bits per heavy atom. The summed E-state index contributed by atoms with van der Waals surface area (Å²) in [5, 5.41) is -0.0481. The van der Waals surface area contributed by atoms with E-state index in [1.165, 1.54) is 19.1 Å². The summed E-state index contributed by atoms with van der Waals surface area (Å²) in [5.74, 6) is -0.944. The molecular weight excluding hydrogens is 430 g/mol. The van der Waals surface area contributed by atoms with Gasteiger partial charge >= 0.3 is 18.0 Å². The highest BCUT2D eigenvalue weighted by Gasteiger charge is 2.39. The number of rotatable bonds is 11. The number of amides is 1. The highest BCUT2D eigenvalue weighted by molar-refractivity contribution is 6.74. The molecule has 0 N–H and O–H groups in total. The van der Waals surface area contributed by atoms with Gasteiger partial charge < -0.3 is 23.5 Å². The zero-order chi connectivity index (χ0) is 24.4. The number of esters is 2. The number of hydrogen-bond acceptors (Lipinski definition) is 7. The van der Waals surface area contributed by atoms with E-state index >= 15 is 0 Å². The monoisotopic (exact) mass is 467 g/mol. The Balaban J connectivity index is 3.06. The van der Waals surface area contributed by atoms with Crippen LogP contribution in [0, 0.1) is 0 Å². The summed E-state index contributed by atoms with van der Waals surface area (Å²) in [5.41, 5.74) is 0.829. The molecule has 1 atom stereocenters. The molecule has 180 valence electrons. The number of carbonyl (C=O) groups excluding carboxylic acids is 3. The molecule has 9 heteroatoms. The molecule has 1 rings (SSSR count). The third kappa shape index (κ3) is 9.00. The maximum atomic E-state index is 13.0. The fourth-order valence-electron chi connectivity index (χ4n) is 2.59. The van der Waals surface area contributed by atoms with Crippen molar-refractivity contribution < 1.29 is 33.0 Å². The van der Waals surface area contributed by atoms with Crippen molar-refractivity contribution in [2.45, 2.75) is 64.4 Å². The van der Waals surface area contributed by atoms with Gasteiger partial charge in [0.05, 0.1) is 39.7 Å². The van der Waals surface area contributed by atoms with Crippen LogP contribution in [0.3, 0.4) is 0 Å². The number of nitrogens with zero attached hydrogens (tertiary/aromatic N) is 1. The zero-order valence-corrected chi connectivity index (χ0v) is 21.3. The minimum absolute atomic E-state index is 0.0306. The van der Waals surface area contributed by atoms with Crippen LogP contribution < -0.4 is 0 Å². The van der Waals surface area contributed by atoms with Crippen LogP contribution in [-0.4, -0.2) is 64.7 Å². The number of ether oxygens (including phenoxy) is 3. The predicted molar refractivity (Wildman–Crippen MR) is 124 cm³/mol. The van der Waals surface area contributed by atoms with E-state index in [1.54, 1.807) is 0 Å². The first-order chi connectivity index (χ1) is 14.9. The van der Waals surface area contributed by atoms with Gasteiger partial charge in [0.25, 0.3) is 0 Å². The van der Waals surface area contributed by atoms with E-state index in [4.69, 9.17) is 18.6 Å². The first-order valence-corrected chi connectivity index (χ1v) is 13.6. The van der Waals surface area contributed by atoms with Crippen LogP contribution in [-0.2, 0) is 34.8 Å². The van der Waals surface area contributed by atoms with Crippen LogP contribution in [0.25, 0.3) is 0 Å². The van der Waals surface area contributed by atoms with Crippen LogP contribution in [0.15, 0.2) is 30.3 Å². The highest BCUT2D eigenvalue weighted by atomic mass is 28.4. The maximum absolute atomic E-state index is 13.0. The largest absolute Gasteiger partial charge is 0.469 e. The average Bonchev–Trinajstić information content (AvgIpc) is 2.75. The number of hydrogen-bond donors (Lipinski definition) is 0. The Morgan fingerprint density at radius 3 is 2.12 bits per heavy atom. The second kappa shape index (κ2) is 12.6. The summed E-state index contributed by atoms with van der Waals surface area (Å²) in [6.45, 7) is 10.7. The molecule has 32 heavy (non-hydrogen) atoms. The lowest BCUT2D eigenvalue weighted by molar-refractivity contribution is -0.142. The number of benzene rings is 1. The second-order valence-corrected chi connectivity index (χ2v) is 13.9. The summed E-state index contributed by atoms with van der Waals surface area (Å²) >= 11 is 0. The smallest absolute Gasteiger partial charge is 0.410 e. The lowest BCUT2D eigenvalue weighted by Gasteiger charge is -2.39. The van der Waals surface area contributed by atoms with Crippen molar-refractivity contribution in [2.75, 3.05) is 27.4 Å². The van der Waals surface area contributed by atoms with E-state index in [0.29, 0.717) is 0 Å². The normalized spacial score (nSPS) is 12.6. The van der Waals surface area contributed by atoms with Crippen molar-refractivity contribution >= 4 is 26.3 Å². The summed E-state index contributed by atoms with van der Waals surface area (Å²) in [7, 11) is 0.422. The van der Waals surface area contributed by atoms with E-state index < -0.39 is 32.4 Å². The molecule has 0 aliphatic heterocycles. The Morgan fingerprint density at radius 1 is 1.00 bits per heavy atom. The summed E-state index contributed by atoms with van der Waals surface area (Å²) in [6, 6.07) is 8.62. The van der Waals surface area contributed by atoms with Gasteiger partial charge in [0.2, 0.25) is 0 Å². The van der Waals surface area contributed by atoms with Gasteiger partial charge in [0, 0.05) is 6.54 Å². The molecule has 1 aromatic rings. The average molecular weight is 468 g/mol. The van der Waals surface area contributed by atoms with E-state index in [-0.39, 0.29) is 37.6 Å². The molecular formula is C23H37NO7Si. The Hall–Kier alpha value is -2.39. The molecule has 0 unspecified atom stereocenters. The van der Waals surface area contributed by atoms with Gasteiger partial charge in [-0.2, -0.15) is 0 Å². The van der Waals surface area contributed by atoms with Crippen molar-refractivity contribution in [3.63, 3.8) is 0 Å². The molecule has 8 nitrogen and oxygen atoms in total. The Labute approximate surface area is 192 Å². The molecule has 1 amide bonds. The lowest BCUT2D eigenvalue weighted by atomic mass is 10.2. The fourth-order valence-corrected chi connectivity index (χ4v) is 3.64. The SMILES string of the molecule is COC(=O)CCN(C(=O)OCc1ccccc1)[C@H](CO[Si](C)(C)C(C)(C)C)CC(=O)OC. The summed E-state index contributed by atoms with van der Waals surface area (Å²) in [4.78, 5) is 38.2. The van der Waals surface area contributed by atoms with Crippen molar-refractivity contribution in [1.29, 1.82) is 0 Å². The molecule has 0 heterocycles. The molecule has 0 fully saturated rings. The van der Waals surface area contributed by atoms with Gasteiger partial charge in [-0.1, -0.05) is 51.1 Å². The Kier molecular flexibility index (Phi) is 10.9. The minimum atomic E-state index is -2.15. The third-order valence-electron chi connectivity index (χ3n) is 5.74. The molecule has 0 bridgehead atoms. The lowest BCUT2D eigenvalue weighted by Crippen LogP contribution is -2.49. The van der Waals surface area contributed by atoms with Crippen LogP contribution in [0.5, 0.6) is 0 Å². The first-order valence-electron chi connectivity index (χ1n) is 10.7. The molecule has 0 radical (unpaired) electrons. The van der Waals surface area contributed by atoms with Gasteiger partial charge in [-0.25, -0.2) is 4.79 Å². The van der Waals surface area contributed by atoms with Gasteiger partial charge in [-0.15, -0.1) is 0 Å². The fraction of sp³-hybridized carbons (Fsp3) is 0.609. The Bertz CT molecular complexity index is 746. The molecule has 0 saturated carbocycles. The minimum Gasteiger partial charge on any atom is -0.469 e. The van der Waals surface area contributed by atoms with Gasteiger partial charge in [-0.3, -0.25) is 9.59 Å². The van der Waals surface area contributed by atoms with E-state index in [0.717, 1.165) is 5.56 Å². The number of carbonyl (C=O) groups is 3. The first kappa shape index (κ1) is 27.6. The summed E-state index contributed by atoms with van der Waals surface area (Å²) < 4.78 is 21.3. The van der Waals surface area contributed by atoms with Crippen molar-refractivity contribution in [2.24, 2.45) is 0 Å². The van der Waals surface area contributed by atoms with Gasteiger partial charge in [0.1, 0.15) is 6.61 Å². The maximum Gasteiger partial charge on any atom is 0.410 e.